The van der Waals surface area contributed by atoms with Crippen LogP contribution in [0.15, 0.2) is 29.5 Å². The molecule has 0 aliphatic heterocycles. The number of aliphatic imine (C=N–C) groups is 1. The zero-order valence-corrected chi connectivity index (χ0v) is 10.1. The molecule has 0 radical (unpaired) electrons. The molecule has 0 saturated heterocycles. The molecule has 0 aliphatic rings. The highest BCUT2D eigenvalue weighted by Gasteiger charge is 2.05. The Bertz CT molecular complexity index is 332. The molecule has 0 aliphatic carbocycles. The Hall–Kier alpha value is -1.58. The summed E-state index contributed by atoms with van der Waals surface area (Å²) in [5.74, 6) is 1.01. The van der Waals surface area contributed by atoms with Crippen molar-refractivity contribution in [3.05, 3.63) is 30.1 Å². The summed E-state index contributed by atoms with van der Waals surface area (Å²) in [6.07, 6.45) is 3.58. The lowest BCUT2D eigenvalue weighted by molar-refractivity contribution is 0.651. The van der Waals surface area contributed by atoms with E-state index in [-0.39, 0.29) is 6.04 Å². The Balaban J connectivity index is 2.51. The quantitative estimate of drug-likeness (QED) is 0.599. The first-order valence-corrected chi connectivity index (χ1v) is 5.56. The summed E-state index contributed by atoms with van der Waals surface area (Å²) in [6.45, 7) is 7.01. The number of hydrogen-bond donors (Lipinski definition) is 2. The van der Waals surface area contributed by atoms with Gasteiger partial charge >= 0.3 is 0 Å². The molecule has 0 fully saturated rings. The third-order valence-corrected chi connectivity index (χ3v) is 2.18. The van der Waals surface area contributed by atoms with Crippen LogP contribution >= 0.6 is 0 Å². The monoisotopic (exact) mass is 220 g/mol. The fourth-order valence-electron chi connectivity index (χ4n) is 1.26. The maximum Gasteiger partial charge on any atom is 0.189 e. The molecule has 0 bridgehead atoms. The van der Waals surface area contributed by atoms with E-state index in [2.05, 4.69) is 29.1 Å². The van der Waals surface area contributed by atoms with Gasteiger partial charge in [0.15, 0.2) is 5.96 Å². The standard InChI is InChI=1S/C12H20N4/c1-9(2)7-15-12(13)16-10(3)11-5-4-6-14-8-11/h4-6,8-10H,7H2,1-3H3,(H3,13,15,16). The molecule has 3 N–H and O–H groups in total. The maximum absolute atomic E-state index is 5.78. The van der Waals surface area contributed by atoms with Crippen LogP contribution in [0.25, 0.3) is 0 Å². The highest BCUT2D eigenvalue weighted by molar-refractivity contribution is 5.78. The van der Waals surface area contributed by atoms with Crippen molar-refractivity contribution in [1.82, 2.24) is 10.3 Å². The van der Waals surface area contributed by atoms with Gasteiger partial charge in [-0.25, -0.2) is 0 Å². The van der Waals surface area contributed by atoms with Crippen molar-refractivity contribution in [2.45, 2.75) is 26.8 Å². The Kier molecular flexibility index (Phi) is 4.76. The molecule has 0 spiro atoms. The van der Waals surface area contributed by atoms with Gasteiger partial charge in [-0.3, -0.25) is 9.98 Å². The van der Waals surface area contributed by atoms with Crippen LogP contribution in [-0.4, -0.2) is 17.5 Å². The zero-order valence-electron chi connectivity index (χ0n) is 10.1. The van der Waals surface area contributed by atoms with Crippen LogP contribution < -0.4 is 11.1 Å². The molecule has 0 aromatic carbocycles. The third-order valence-electron chi connectivity index (χ3n) is 2.18. The van der Waals surface area contributed by atoms with Crippen molar-refractivity contribution in [3.63, 3.8) is 0 Å². The van der Waals surface area contributed by atoms with Gasteiger partial charge in [0.25, 0.3) is 0 Å². The Morgan fingerprint density at radius 3 is 2.81 bits per heavy atom. The minimum absolute atomic E-state index is 0.129. The Labute approximate surface area is 97.0 Å². The van der Waals surface area contributed by atoms with Gasteiger partial charge in [0.1, 0.15) is 0 Å². The number of nitrogens with two attached hydrogens (primary N) is 1. The molecule has 4 nitrogen and oxygen atoms in total. The smallest absolute Gasteiger partial charge is 0.189 e. The highest BCUT2D eigenvalue weighted by Crippen LogP contribution is 2.08. The molecular weight excluding hydrogens is 200 g/mol. The molecule has 1 rings (SSSR count). The lowest BCUT2D eigenvalue weighted by Crippen LogP contribution is -2.34. The summed E-state index contributed by atoms with van der Waals surface area (Å²) in [6, 6.07) is 4.06. The van der Waals surface area contributed by atoms with Gasteiger partial charge in [0.05, 0.1) is 6.04 Å². The molecular formula is C12H20N4. The largest absolute Gasteiger partial charge is 0.370 e. The molecule has 16 heavy (non-hydrogen) atoms. The van der Waals surface area contributed by atoms with Gasteiger partial charge < -0.3 is 11.1 Å². The first-order valence-electron chi connectivity index (χ1n) is 5.56. The topological polar surface area (TPSA) is 63.3 Å². The maximum atomic E-state index is 5.78. The van der Waals surface area contributed by atoms with Crippen LogP contribution in [0.5, 0.6) is 0 Å². The molecule has 0 saturated carbocycles. The molecule has 0 amide bonds. The van der Waals surface area contributed by atoms with E-state index >= 15 is 0 Å². The van der Waals surface area contributed by atoms with Crippen LogP contribution in [0, 0.1) is 5.92 Å². The van der Waals surface area contributed by atoms with Crippen molar-refractivity contribution in [2.24, 2.45) is 16.6 Å². The van der Waals surface area contributed by atoms with Gasteiger partial charge in [-0.05, 0) is 24.5 Å². The fraction of sp³-hybridized carbons (Fsp3) is 0.500. The van der Waals surface area contributed by atoms with E-state index in [0.29, 0.717) is 11.9 Å². The molecule has 1 atom stereocenters. The summed E-state index contributed by atoms with van der Waals surface area (Å²) in [5, 5.41) is 3.14. The average Bonchev–Trinajstić information content (AvgIpc) is 2.27. The van der Waals surface area contributed by atoms with Crippen LogP contribution in [0.4, 0.5) is 0 Å². The predicted octanol–water partition coefficient (Wildman–Crippen LogP) is 1.70. The second-order valence-electron chi connectivity index (χ2n) is 4.27. The fourth-order valence-corrected chi connectivity index (χ4v) is 1.26. The van der Waals surface area contributed by atoms with E-state index in [1.165, 1.54) is 0 Å². The van der Waals surface area contributed by atoms with Gasteiger partial charge in [0, 0.05) is 18.9 Å². The van der Waals surface area contributed by atoms with Crippen LogP contribution in [0.3, 0.4) is 0 Å². The van der Waals surface area contributed by atoms with Crippen molar-refractivity contribution in [1.29, 1.82) is 0 Å². The molecule has 1 unspecified atom stereocenters. The lowest BCUT2D eigenvalue weighted by atomic mass is 10.1. The van der Waals surface area contributed by atoms with E-state index in [4.69, 9.17) is 5.73 Å². The Morgan fingerprint density at radius 2 is 2.25 bits per heavy atom. The summed E-state index contributed by atoms with van der Waals surface area (Å²) < 4.78 is 0. The number of guanidine groups is 1. The van der Waals surface area contributed by atoms with Crippen molar-refractivity contribution in [3.8, 4) is 0 Å². The SMILES string of the molecule is CC(C)CN=C(N)NC(C)c1cccnc1. The lowest BCUT2D eigenvalue weighted by Gasteiger charge is -2.14. The number of pyridine rings is 1. The van der Waals surface area contributed by atoms with Crippen LogP contribution in [0.2, 0.25) is 0 Å². The van der Waals surface area contributed by atoms with Gasteiger partial charge in [-0.15, -0.1) is 0 Å². The average molecular weight is 220 g/mol. The molecule has 1 aromatic heterocycles. The van der Waals surface area contributed by atoms with Crippen LogP contribution in [-0.2, 0) is 0 Å². The minimum Gasteiger partial charge on any atom is -0.370 e. The Morgan fingerprint density at radius 1 is 1.50 bits per heavy atom. The van der Waals surface area contributed by atoms with E-state index in [9.17, 15) is 0 Å². The first kappa shape index (κ1) is 12.5. The predicted molar refractivity (Wildman–Crippen MR) is 67.1 cm³/mol. The summed E-state index contributed by atoms with van der Waals surface area (Å²) in [5.41, 5.74) is 6.88. The van der Waals surface area contributed by atoms with Gasteiger partial charge in [-0.1, -0.05) is 19.9 Å². The number of aromatic nitrogens is 1. The third kappa shape index (κ3) is 4.29. The number of nitrogens with one attached hydrogen (secondary N) is 1. The van der Waals surface area contributed by atoms with Gasteiger partial charge in [0.2, 0.25) is 0 Å². The number of nitrogens with zero attached hydrogens (tertiary/aromatic N) is 2. The summed E-state index contributed by atoms with van der Waals surface area (Å²) in [7, 11) is 0. The summed E-state index contributed by atoms with van der Waals surface area (Å²) >= 11 is 0. The number of rotatable bonds is 4. The van der Waals surface area contributed by atoms with Crippen molar-refractivity contribution < 1.29 is 0 Å². The van der Waals surface area contributed by atoms with E-state index < -0.39 is 0 Å². The van der Waals surface area contributed by atoms with Crippen molar-refractivity contribution >= 4 is 5.96 Å². The second-order valence-corrected chi connectivity index (χ2v) is 4.27. The second kappa shape index (κ2) is 6.10. The molecule has 1 aromatic rings. The summed E-state index contributed by atoms with van der Waals surface area (Å²) in [4.78, 5) is 8.32. The van der Waals surface area contributed by atoms with Gasteiger partial charge in [-0.2, -0.15) is 0 Å². The highest BCUT2D eigenvalue weighted by atomic mass is 15.1. The van der Waals surface area contributed by atoms with E-state index in [0.717, 1.165) is 12.1 Å². The van der Waals surface area contributed by atoms with E-state index in [1.54, 1.807) is 6.20 Å². The normalized spacial score (nSPS) is 13.9. The van der Waals surface area contributed by atoms with Crippen molar-refractivity contribution in [2.75, 3.05) is 6.54 Å². The molecule has 4 heteroatoms. The molecule has 88 valence electrons. The first-order chi connectivity index (χ1) is 7.59. The minimum atomic E-state index is 0.129. The zero-order chi connectivity index (χ0) is 12.0. The molecule has 1 heterocycles. The van der Waals surface area contributed by atoms with Crippen LogP contribution in [0.1, 0.15) is 32.4 Å². The van der Waals surface area contributed by atoms with E-state index in [1.807, 2.05) is 25.3 Å². The number of hydrogen-bond acceptors (Lipinski definition) is 2.